The van der Waals surface area contributed by atoms with Gasteiger partial charge in [0.1, 0.15) is 12.4 Å². The molecule has 1 heterocycles. The summed E-state index contributed by atoms with van der Waals surface area (Å²) in [6, 6.07) is 20.0. The fourth-order valence-electron chi connectivity index (χ4n) is 3.57. The van der Waals surface area contributed by atoms with Crippen LogP contribution in [0.25, 0.3) is 6.08 Å². The Morgan fingerprint density at radius 3 is 2.58 bits per heavy atom. The van der Waals surface area contributed by atoms with Gasteiger partial charge in [-0.15, -0.1) is 0 Å². The van der Waals surface area contributed by atoms with Crippen molar-refractivity contribution < 1.29 is 19.0 Å². The fourth-order valence-corrected chi connectivity index (χ4v) is 5.14. The summed E-state index contributed by atoms with van der Waals surface area (Å²) in [4.78, 5) is 15.1. The van der Waals surface area contributed by atoms with Crippen molar-refractivity contribution in [1.29, 1.82) is 5.26 Å². The zero-order valence-electron chi connectivity index (χ0n) is 19.5. The summed E-state index contributed by atoms with van der Waals surface area (Å²) >= 11 is 13.2. The van der Waals surface area contributed by atoms with Crippen molar-refractivity contribution in [2.45, 2.75) is 13.5 Å². The van der Waals surface area contributed by atoms with Crippen LogP contribution in [0.3, 0.4) is 0 Å². The smallest absolute Gasteiger partial charge is 0.270 e. The third kappa shape index (κ3) is 5.49. The van der Waals surface area contributed by atoms with E-state index in [1.165, 1.54) is 23.8 Å². The molecular weight excluding hydrogens is 516 g/mol. The molecule has 1 aliphatic heterocycles. The fraction of sp³-hybridized carbons (Fsp3) is 0.148. The number of hydrogen-bond donors (Lipinski definition) is 0. The van der Waals surface area contributed by atoms with E-state index in [0.29, 0.717) is 49.2 Å². The Balaban J connectivity index is 1.56. The lowest BCUT2D eigenvalue weighted by molar-refractivity contribution is -0.113. The van der Waals surface area contributed by atoms with Crippen molar-refractivity contribution in [1.82, 2.24) is 0 Å². The first kappa shape index (κ1) is 25.6. The molecule has 1 amide bonds. The molecule has 1 fully saturated rings. The number of rotatable bonds is 8. The number of nitrogens with zero attached hydrogens (tertiary/aromatic N) is 2. The van der Waals surface area contributed by atoms with Crippen LogP contribution in [0.15, 0.2) is 65.6 Å². The van der Waals surface area contributed by atoms with Gasteiger partial charge in [-0.3, -0.25) is 9.69 Å². The molecule has 4 rings (SSSR count). The first-order valence-electron chi connectivity index (χ1n) is 10.9. The van der Waals surface area contributed by atoms with Crippen LogP contribution in [0.4, 0.5) is 5.69 Å². The minimum absolute atomic E-state index is 0.153. The molecule has 0 radical (unpaired) electrons. The van der Waals surface area contributed by atoms with Crippen LogP contribution in [0.5, 0.6) is 17.2 Å². The maximum atomic E-state index is 13.2. The third-order valence-corrected chi connectivity index (χ3v) is 6.84. The lowest BCUT2D eigenvalue weighted by Crippen LogP contribution is -2.27. The Morgan fingerprint density at radius 2 is 1.89 bits per heavy atom. The number of nitriles is 1. The normalized spacial score (nSPS) is 14.2. The van der Waals surface area contributed by atoms with Crippen molar-refractivity contribution in [3.05, 3.63) is 87.3 Å². The van der Waals surface area contributed by atoms with E-state index in [9.17, 15) is 10.1 Å². The molecule has 1 saturated heterocycles. The average molecular weight is 537 g/mol. The van der Waals surface area contributed by atoms with Gasteiger partial charge in [0, 0.05) is 5.56 Å². The molecule has 3 aromatic rings. The summed E-state index contributed by atoms with van der Waals surface area (Å²) in [6.07, 6.45) is 1.72. The summed E-state index contributed by atoms with van der Waals surface area (Å²) in [5.41, 5.74) is 2.59. The predicted molar refractivity (Wildman–Crippen MR) is 147 cm³/mol. The van der Waals surface area contributed by atoms with Gasteiger partial charge < -0.3 is 14.2 Å². The molecule has 0 N–H and O–H groups in total. The number of methoxy groups -OCH3 is 1. The molecule has 0 saturated carbocycles. The minimum atomic E-state index is -0.224. The van der Waals surface area contributed by atoms with Crippen LogP contribution in [0, 0.1) is 11.3 Å². The van der Waals surface area contributed by atoms with Gasteiger partial charge in [-0.05, 0) is 61.0 Å². The number of carbonyl (C=O) groups is 1. The highest BCUT2D eigenvalue weighted by molar-refractivity contribution is 8.27. The molecule has 0 aliphatic carbocycles. The van der Waals surface area contributed by atoms with E-state index >= 15 is 0 Å². The van der Waals surface area contributed by atoms with E-state index in [-0.39, 0.29) is 12.5 Å². The molecule has 6 nitrogen and oxygen atoms in total. The molecule has 0 aromatic heterocycles. The molecule has 9 heteroatoms. The van der Waals surface area contributed by atoms with Crippen molar-refractivity contribution in [3.8, 4) is 23.3 Å². The van der Waals surface area contributed by atoms with Gasteiger partial charge in [0.25, 0.3) is 5.91 Å². The minimum Gasteiger partial charge on any atom is -0.494 e. The van der Waals surface area contributed by atoms with Gasteiger partial charge in [-0.25, -0.2) is 0 Å². The summed E-state index contributed by atoms with van der Waals surface area (Å²) < 4.78 is 17.3. The molecule has 36 heavy (non-hydrogen) atoms. The third-order valence-electron chi connectivity index (χ3n) is 5.26. The Hall–Kier alpha value is -3.51. The van der Waals surface area contributed by atoms with Crippen LogP contribution >= 0.6 is 35.6 Å². The van der Waals surface area contributed by atoms with Crippen LogP contribution in [0.2, 0.25) is 5.02 Å². The summed E-state index contributed by atoms with van der Waals surface area (Å²) in [7, 11) is 1.51. The molecule has 0 spiro atoms. The van der Waals surface area contributed by atoms with E-state index in [1.807, 2.05) is 19.1 Å². The van der Waals surface area contributed by atoms with Crippen LogP contribution in [-0.2, 0) is 11.4 Å². The Kier molecular flexibility index (Phi) is 8.16. The van der Waals surface area contributed by atoms with Gasteiger partial charge in [-0.2, -0.15) is 5.26 Å². The molecule has 182 valence electrons. The highest BCUT2D eigenvalue weighted by atomic mass is 35.5. The first-order chi connectivity index (χ1) is 17.4. The van der Waals surface area contributed by atoms with Gasteiger partial charge in [0.2, 0.25) is 0 Å². The molecular formula is C27H21ClN2O4S2. The van der Waals surface area contributed by atoms with Crippen molar-refractivity contribution in [3.63, 3.8) is 0 Å². The highest BCUT2D eigenvalue weighted by Gasteiger charge is 2.33. The van der Waals surface area contributed by atoms with Gasteiger partial charge in [0.05, 0.1) is 41.0 Å². The zero-order chi connectivity index (χ0) is 25.7. The number of anilines is 1. The Morgan fingerprint density at radius 1 is 1.14 bits per heavy atom. The topological polar surface area (TPSA) is 71.8 Å². The number of thiocarbonyl (C=S) groups is 1. The maximum Gasteiger partial charge on any atom is 0.270 e. The van der Waals surface area contributed by atoms with Crippen LogP contribution in [0.1, 0.15) is 23.6 Å². The number of benzene rings is 3. The number of halogens is 1. The summed E-state index contributed by atoms with van der Waals surface area (Å²) in [5.74, 6) is 1.26. The SMILES string of the molecule is CCOc1ccc(N2C(=O)/C(=C/c3cc(Cl)c(OCc4ccccc4C#N)c(OC)c3)SC2=S)cc1. The standard InChI is InChI=1S/C27H21ClN2O4S2/c1-3-33-21-10-8-20(9-11-21)30-26(31)24(36-27(30)35)14-17-12-22(28)25(23(13-17)32-2)34-16-19-7-5-4-6-18(19)15-29/h4-14H,3,16H2,1-2H3/b24-14-. The van der Waals surface area contributed by atoms with E-state index in [2.05, 4.69) is 6.07 Å². The first-order valence-corrected chi connectivity index (χ1v) is 12.5. The molecule has 3 aromatic carbocycles. The zero-order valence-corrected chi connectivity index (χ0v) is 21.9. The number of carbonyl (C=O) groups excluding carboxylic acids is 1. The van der Waals surface area contributed by atoms with Gasteiger partial charge in [0.15, 0.2) is 15.8 Å². The van der Waals surface area contributed by atoms with Crippen LogP contribution in [-0.4, -0.2) is 23.9 Å². The lowest BCUT2D eigenvalue weighted by atomic mass is 10.1. The van der Waals surface area contributed by atoms with E-state index in [1.54, 1.807) is 54.6 Å². The summed E-state index contributed by atoms with van der Waals surface area (Å²) in [6.45, 7) is 2.63. The monoisotopic (exact) mass is 536 g/mol. The second-order valence-electron chi connectivity index (χ2n) is 7.54. The molecule has 0 bridgehead atoms. The van der Waals surface area contributed by atoms with Gasteiger partial charge >= 0.3 is 0 Å². The van der Waals surface area contributed by atoms with Crippen molar-refractivity contribution in [2.75, 3.05) is 18.6 Å². The lowest BCUT2D eigenvalue weighted by Gasteiger charge is -2.15. The Bertz CT molecular complexity index is 1380. The van der Waals surface area contributed by atoms with Gasteiger partial charge in [-0.1, -0.05) is 53.8 Å². The number of thioether (sulfide) groups is 1. The van der Waals surface area contributed by atoms with E-state index in [4.69, 9.17) is 38.0 Å². The second kappa shape index (κ2) is 11.5. The summed E-state index contributed by atoms with van der Waals surface area (Å²) in [5, 5.41) is 9.61. The molecule has 0 unspecified atom stereocenters. The van der Waals surface area contributed by atoms with Crippen molar-refractivity contribution in [2.24, 2.45) is 0 Å². The van der Waals surface area contributed by atoms with E-state index < -0.39 is 0 Å². The number of ether oxygens (including phenoxy) is 3. The average Bonchev–Trinajstić information content (AvgIpc) is 3.16. The second-order valence-corrected chi connectivity index (χ2v) is 9.62. The Labute approximate surface area is 224 Å². The predicted octanol–water partition coefficient (Wildman–Crippen LogP) is 6.60. The molecule has 1 aliphatic rings. The van der Waals surface area contributed by atoms with Crippen molar-refractivity contribution >= 4 is 57.6 Å². The number of hydrogen-bond acceptors (Lipinski definition) is 7. The maximum absolute atomic E-state index is 13.2. The highest BCUT2D eigenvalue weighted by Crippen LogP contribution is 2.40. The number of amides is 1. The van der Waals surface area contributed by atoms with Crippen LogP contribution < -0.4 is 19.1 Å². The van der Waals surface area contributed by atoms with E-state index in [0.717, 1.165) is 11.3 Å². The molecule has 0 atom stereocenters. The quantitative estimate of drug-likeness (QED) is 0.237. The largest absolute Gasteiger partial charge is 0.494 e.